The lowest BCUT2D eigenvalue weighted by atomic mass is 9.97. The van der Waals surface area contributed by atoms with Crippen molar-refractivity contribution in [2.24, 2.45) is 11.7 Å². The average Bonchev–Trinajstić information content (AvgIpc) is 3.06. The van der Waals surface area contributed by atoms with Gasteiger partial charge in [0.05, 0.1) is 5.52 Å². The van der Waals surface area contributed by atoms with E-state index in [4.69, 9.17) is 5.73 Å². The summed E-state index contributed by atoms with van der Waals surface area (Å²) in [7, 11) is 0. The third-order valence-electron chi connectivity index (χ3n) is 5.40. The van der Waals surface area contributed by atoms with Gasteiger partial charge < -0.3 is 10.6 Å². The van der Waals surface area contributed by atoms with Gasteiger partial charge in [-0.15, -0.1) is 4.79 Å². The van der Waals surface area contributed by atoms with Crippen molar-refractivity contribution in [2.75, 3.05) is 18.0 Å². The number of halogens is 1. The molecule has 2 aliphatic rings. The number of aryl methyl sites for hydroxylation is 1. The zero-order valence-corrected chi connectivity index (χ0v) is 12.7. The highest BCUT2D eigenvalue weighted by atomic mass is 19.2. The summed E-state index contributed by atoms with van der Waals surface area (Å²) < 4.78 is 14.2. The van der Waals surface area contributed by atoms with Crippen LogP contribution in [0.4, 0.5) is 10.2 Å². The molecule has 116 valence electrons. The molecule has 2 fully saturated rings. The molecule has 4 rings (SSSR count). The molecule has 0 radical (unpaired) electrons. The number of benzene rings is 1. The Labute approximate surface area is 128 Å². The second-order valence-electron chi connectivity index (χ2n) is 6.76. The minimum absolute atomic E-state index is 0.0295. The summed E-state index contributed by atoms with van der Waals surface area (Å²) in [6, 6.07) is 6.85. The molecule has 1 atom stereocenters. The van der Waals surface area contributed by atoms with E-state index in [1.165, 1.54) is 6.07 Å². The third kappa shape index (κ3) is 1.96. The molecule has 22 heavy (non-hydrogen) atoms. The van der Waals surface area contributed by atoms with E-state index in [9.17, 15) is 9.28 Å². The van der Waals surface area contributed by atoms with Gasteiger partial charge in [0.25, 0.3) is 5.56 Å². The number of nitrogens with zero attached hydrogens (tertiary/aromatic N) is 2. The monoisotopic (exact) mass is 301 g/mol. The highest BCUT2D eigenvalue weighted by Crippen LogP contribution is 2.45. The van der Waals surface area contributed by atoms with Gasteiger partial charge in [-0.1, -0.05) is 10.5 Å². The molecular weight excluding hydrogens is 281 g/mol. The van der Waals surface area contributed by atoms with E-state index in [1.54, 1.807) is 6.07 Å². The SMILES string of the molecule is Cc1c(N2CCC(C3(N)CC3)C2)ccc2ccc(=O)n(F)c12. The highest BCUT2D eigenvalue weighted by Gasteiger charge is 2.48. The second kappa shape index (κ2) is 4.56. The Kier molecular flexibility index (Phi) is 2.85. The zero-order valence-electron chi connectivity index (χ0n) is 12.7. The number of fused-ring (bicyclic) bond motifs is 1. The van der Waals surface area contributed by atoms with E-state index in [0.717, 1.165) is 49.0 Å². The molecule has 4 nitrogen and oxygen atoms in total. The molecule has 1 aliphatic heterocycles. The van der Waals surface area contributed by atoms with Gasteiger partial charge in [-0.25, -0.2) is 0 Å². The molecule has 1 aliphatic carbocycles. The van der Waals surface area contributed by atoms with Crippen molar-refractivity contribution < 1.29 is 4.48 Å². The minimum atomic E-state index is -0.620. The largest absolute Gasteiger partial charge is 0.371 e. The Morgan fingerprint density at radius 3 is 2.73 bits per heavy atom. The fraction of sp³-hybridized carbons (Fsp3) is 0.471. The normalized spacial score (nSPS) is 23.2. The van der Waals surface area contributed by atoms with E-state index in [1.807, 2.05) is 19.1 Å². The number of anilines is 1. The van der Waals surface area contributed by atoms with Crippen LogP contribution in [0.2, 0.25) is 0 Å². The lowest BCUT2D eigenvalue weighted by Gasteiger charge is -2.23. The van der Waals surface area contributed by atoms with Gasteiger partial charge in [0.15, 0.2) is 0 Å². The van der Waals surface area contributed by atoms with Crippen LogP contribution in [-0.2, 0) is 0 Å². The third-order valence-corrected chi connectivity index (χ3v) is 5.40. The first-order valence-corrected chi connectivity index (χ1v) is 7.85. The van der Waals surface area contributed by atoms with Gasteiger partial charge in [-0.2, -0.15) is 0 Å². The number of aromatic nitrogens is 1. The maximum atomic E-state index is 14.2. The van der Waals surface area contributed by atoms with Crippen molar-refractivity contribution in [1.82, 2.24) is 4.79 Å². The van der Waals surface area contributed by atoms with E-state index in [2.05, 4.69) is 4.90 Å². The molecule has 1 aromatic carbocycles. The van der Waals surface area contributed by atoms with E-state index in [-0.39, 0.29) is 10.3 Å². The number of hydrogen-bond acceptors (Lipinski definition) is 3. The van der Waals surface area contributed by atoms with Crippen LogP contribution < -0.4 is 16.2 Å². The molecule has 5 heteroatoms. The van der Waals surface area contributed by atoms with Crippen molar-refractivity contribution in [3.05, 3.63) is 40.2 Å². The van der Waals surface area contributed by atoms with Crippen molar-refractivity contribution in [2.45, 2.75) is 31.7 Å². The van der Waals surface area contributed by atoms with Crippen LogP contribution in [-0.4, -0.2) is 23.4 Å². The standard InChI is InChI=1S/C17H20FN3O/c1-11-14(20-9-6-13(10-20)17(19)7-8-17)4-2-12-3-5-15(22)21(18)16(11)12/h2-5,13H,6-10,19H2,1H3. The predicted octanol–water partition coefficient (Wildman–Crippen LogP) is 2.36. The van der Waals surface area contributed by atoms with Gasteiger partial charge in [0, 0.05) is 35.8 Å². The van der Waals surface area contributed by atoms with Gasteiger partial charge in [-0.05, 0) is 49.8 Å². The van der Waals surface area contributed by atoms with Crippen molar-refractivity contribution in [3.63, 3.8) is 0 Å². The maximum absolute atomic E-state index is 14.2. The summed E-state index contributed by atoms with van der Waals surface area (Å²) in [4.78, 5) is 14.1. The molecular formula is C17H20FN3O. The molecule has 0 bridgehead atoms. The molecule has 0 amide bonds. The number of hydrogen-bond donors (Lipinski definition) is 1. The van der Waals surface area contributed by atoms with E-state index < -0.39 is 5.56 Å². The smallest absolute Gasteiger partial charge is 0.279 e. The lowest BCUT2D eigenvalue weighted by molar-refractivity contribution is 0.370. The first kappa shape index (κ1) is 13.8. The molecule has 1 aromatic heterocycles. The Balaban J connectivity index is 1.75. The Morgan fingerprint density at radius 2 is 2.00 bits per heavy atom. The van der Waals surface area contributed by atoms with E-state index >= 15 is 0 Å². The summed E-state index contributed by atoms with van der Waals surface area (Å²) in [6.07, 6.45) is 3.32. The lowest BCUT2D eigenvalue weighted by Crippen LogP contribution is -2.34. The van der Waals surface area contributed by atoms with Gasteiger partial charge in [-0.3, -0.25) is 4.79 Å². The van der Waals surface area contributed by atoms with Crippen LogP contribution in [0.1, 0.15) is 24.8 Å². The summed E-state index contributed by atoms with van der Waals surface area (Å²) in [5.74, 6) is 0.519. The Morgan fingerprint density at radius 1 is 1.27 bits per heavy atom. The van der Waals surface area contributed by atoms with Crippen LogP contribution in [0.15, 0.2) is 29.1 Å². The summed E-state index contributed by atoms with van der Waals surface area (Å²) in [6.45, 7) is 3.75. The fourth-order valence-electron chi connectivity index (χ4n) is 3.79. The second-order valence-corrected chi connectivity index (χ2v) is 6.76. The van der Waals surface area contributed by atoms with Crippen molar-refractivity contribution >= 4 is 16.6 Å². The van der Waals surface area contributed by atoms with Crippen molar-refractivity contribution in [3.8, 4) is 0 Å². The number of pyridine rings is 1. The van der Waals surface area contributed by atoms with Crippen molar-refractivity contribution in [1.29, 1.82) is 0 Å². The minimum Gasteiger partial charge on any atom is -0.371 e. The van der Waals surface area contributed by atoms with Crippen LogP contribution in [0.25, 0.3) is 10.9 Å². The fourth-order valence-corrected chi connectivity index (χ4v) is 3.79. The molecule has 1 saturated heterocycles. The van der Waals surface area contributed by atoms with Gasteiger partial charge >= 0.3 is 0 Å². The quantitative estimate of drug-likeness (QED) is 0.926. The molecule has 2 heterocycles. The van der Waals surface area contributed by atoms with Crippen LogP contribution in [0.5, 0.6) is 0 Å². The summed E-state index contributed by atoms with van der Waals surface area (Å²) in [5, 5.41) is 0.747. The Hall–Kier alpha value is -1.88. The molecule has 2 N–H and O–H groups in total. The van der Waals surface area contributed by atoms with Crippen LogP contribution in [0.3, 0.4) is 0 Å². The molecule has 1 saturated carbocycles. The molecule has 2 aromatic rings. The topological polar surface area (TPSA) is 51.3 Å². The first-order valence-electron chi connectivity index (χ1n) is 7.85. The number of nitrogens with two attached hydrogens (primary N) is 1. The summed E-state index contributed by atoms with van der Waals surface area (Å²) in [5.41, 5.74) is 7.95. The van der Waals surface area contributed by atoms with Crippen LogP contribution >= 0.6 is 0 Å². The highest BCUT2D eigenvalue weighted by molar-refractivity contribution is 5.87. The average molecular weight is 301 g/mol. The molecule has 0 spiro atoms. The van der Waals surface area contributed by atoms with E-state index in [0.29, 0.717) is 11.4 Å². The zero-order chi connectivity index (χ0) is 15.5. The summed E-state index contributed by atoms with van der Waals surface area (Å²) >= 11 is 0. The van der Waals surface area contributed by atoms with Crippen LogP contribution in [0, 0.1) is 12.8 Å². The Bertz CT molecular complexity index is 809. The van der Waals surface area contributed by atoms with Gasteiger partial charge in [0.1, 0.15) is 0 Å². The first-order chi connectivity index (χ1) is 10.5. The van der Waals surface area contributed by atoms with Gasteiger partial charge in [0.2, 0.25) is 0 Å². The number of rotatable bonds is 2. The predicted molar refractivity (Wildman–Crippen MR) is 85.9 cm³/mol. The molecule has 1 unspecified atom stereocenters. The maximum Gasteiger partial charge on any atom is 0.279 e.